The van der Waals surface area contributed by atoms with Crippen molar-refractivity contribution in [3.63, 3.8) is 0 Å². The van der Waals surface area contributed by atoms with Crippen LogP contribution < -0.4 is 0 Å². The van der Waals surface area contributed by atoms with Crippen LogP contribution in [0.1, 0.15) is 36.1 Å². The van der Waals surface area contributed by atoms with Gasteiger partial charge in [-0.1, -0.05) is 26.0 Å². The summed E-state index contributed by atoms with van der Waals surface area (Å²) in [4.78, 5) is 4.57. The molecule has 2 nitrogen and oxygen atoms in total. The standard InChI is InChI=1S/C19H22N2/c1-5-15-14(4)7-8-17(16(15)6-2)18-12-20-19-11-13(3)9-10-21(18)19/h7-12H,5-6H2,1-4H3. The van der Waals surface area contributed by atoms with Gasteiger partial charge in [-0.15, -0.1) is 0 Å². The normalized spacial score (nSPS) is 11.2. The molecule has 2 heterocycles. The average Bonchev–Trinajstić information content (AvgIpc) is 2.89. The Morgan fingerprint density at radius 2 is 1.76 bits per heavy atom. The Balaban J connectivity index is 2.28. The molecule has 3 rings (SSSR count). The number of hydrogen-bond donors (Lipinski definition) is 0. The van der Waals surface area contributed by atoms with Crippen LogP contribution >= 0.6 is 0 Å². The van der Waals surface area contributed by atoms with Crippen LogP contribution in [0.4, 0.5) is 0 Å². The lowest BCUT2D eigenvalue weighted by Gasteiger charge is -2.15. The lowest BCUT2D eigenvalue weighted by Crippen LogP contribution is -2.00. The molecule has 0 aliphatic carbocycles. The van der Waals surface area contributed by atoms with Gasteiger partial charge in [0.15, 0.2) is 0 Å². The molecule has 0 spiro atoms. The minimum absolute atomic E-state index is 1.02. The van der Waals surface area contributed by atoms with E-state index < -0.39 is 0 Å². The highest BCUT2D eigenvalue weighted by atomic mass is 15.0. The zero-order valence-electron chi connectivity index (χ0n) is 13.3. The number of benzene rings is 1. The zero-order chi connectivity index (χ0) is 15.0. The third-order valence-electron chi connectivity index (χ3n) is 4.32. The van der Waals surface area contributed by atoms with E-state index >= 15 is 0 Å². The van der Waals surface area contributed by atoms with Crippen molar-refractivity contribution in [3.05, 3.63) is 58.9 Å². The Morgan fingerprint density at radius 1 is 1.00 bits per heavy atom. The largest absolute Gasteiger partial charge is 0.300 e. The topological polar surface area (TPSA) is 17.3 Å². The van der Waals surface area contributed by atoms with Gasteiger partial charge in [0.2, 0.25) is 0 Å². The van der Waals surface area contributed by atoms with Gasteiger partial charge < -0.3 is 0 Å². The van der Waals surface area contributed by atoms with Gasteiger partial charge in [-0.2, -0.15) is 0 Å². The van der Waals surface area contributed by atoms with Crippen molar-refractivity contribution in [2.75, 3.05) is 0 Å². The molecule has 3 aromatic rings. The van der Waals surface area contributed by atoms with Gasteiger partial charge in [-0.05, 0) is 61.1 Å². The smallest absolute Gasteiger partial charge is 0.137 e. The van der Waals surface area contributed by atoms with E-state index in [1.807, 2.05) is 6.20 Å². The van der Waals surface area contributed by atoms with Gasteiger partial charge in [-0.3, -0.25) is 4.40 Å². The molecule has 0 atom stereocenters. The van der Waals surface area contributed by atoms with Crippen molar-refractivity contribution >= 4 is 5.65 Å². The molecule has 0 unspecified atom stereocenters. The summed E-state index contributed by atoms with van der Waals surface area (Å²) >= 11 is 0. The highest BCUT2D eigenvalue weighted by Crippen LogP contribution is 2.30. The van der Waals surface area contributed by atoms with Crippen LogP contribution in [-0.4, -0.2) is 9.38 Å². The second kappa shape index (κ2) is 5.36. The fourth-order valence-electron chi connectivity index (χ4n) is 3.23. The molecule has 1 aromatic carbocycles. The Morgan fingerprint density at radius 3 is 2.48 bits per heavy atom. The van der Waals surface area contributed by atoms with Crippen LogP contribution in [0.3, 0.4) is 0 Å². The van der Waals surface area contributed by atoms with Crippen LogP contribution in [-0.2, 0) is 12.8 Å². The molecular formula is C19H22N2. The van der Waals surface area contributed by atoms with E-state index in [0.29, 0.717) is 0 Å². The number of nitrogens with zero attached hydrogens (tertiary/aromatic N) is 2. The van der Waals surface area contributed by atoms with Crippen molar-refractivity contribution in [2.24, 2.45) is 0 Å². The number of rotatable bonds is 3. The van der Waals surface area contributed by atoms with E-state index in [0.717, 1.165) is 18.5 Å². The van der Waals surface area contributed by atoms with Gasteiger partial charge in [0.05, 0.1) is 11.9 Å². The molecule has 0 fully saturated rings. The average molecular weight is 278 g/mol. The predicted molar refractivity (Wildman–Crippen MR) is 88.9 cm³/mol. The van der Waals surface area contributed by atoms with E-state index in [4.69, 9.17) is 0 Å². The molecule has 108 valence electrons. The maximum absolute atomic E-state index is 4.57. The molecule has 0 bridgehead atoms. The summed E-state index contributed by atoms with van der Waals surface area (Å²) in [5.74, 6) is 0. The summed E-state index contributed by atoms with van der Waals surface area (Å²) in [5.41, 5.74) is 9.10. The van der Waals surface area contributed by atoms with Crippen molar-refractivity contribution in [2.45, 2.75) is 40.5 Å². The fourth-order valence-corrected chi connectivity index (χ4v) is 3.23. The highest BCUT2D eigenvalue weighted by molar-refractivity contribution is 5.69. The molecule has 0 N–H and O–H groups in total. The lowest BCUT2D eigenvalue weighted by molar-refractivity contribution is 1.02. The Kier molecular flexibility index (Phi) is 3.54. The van der Waals surface area contributed by atoms with Crippen molar-refractivity contribution in [1.82, 2.24) is 9.38 Å². The second-order valence-corrected chi connectivity index (χ2v) is 5.67. The molecule has 0 aliphatic heterocycles. The van der Waals surface area contributed by atoms with E-state index in [1.165, 1.54) is 33.5 Å². The summed E-state index contributed by atoms with van der Waals surface area (Å²) < 4.78 is 2.19. The van der Waals surface area contributed by atoms with Gasteiger partial charge >= 0.3 is 0 Å². The first-order valence-corrected chi connectivity index (χ1v) is 7.71. The first-order valence-electron chi connectivity index (χ1n) is 7.71. The summed E-state index contributed by atoms with van der Waals surface area (Å²) in [6.07, 6.45) is 6.26. The quantitative estimate of drug-likeness (QED) is 0.676. The lowest BCUT2D eigenvalue weighted by atomic mass is 9.92. The number of aryl methyl sites for hydroxylation is 2. The zero-order valence-corrected chi connectivity index (χ0v) is 13.3. The molecule has 21 heavy (non-hydrogen) atoms. The fraction of sp³-hybridized carbons (Fsp3) is 0.316. The van der Waals surface area contributed by atoms with Crippen LogP contribution in [0.2, 0.25) is 0 Å². The van der Waals surface area contributed by atoms with Gasteiger partial charge in [0.25, 0.3) is 0 Å². The third kappa shape index (κ3) is 2.25. The molecule has 0 aliphatic rings. The molecule has 2 aromatic heterocycles. The summed E-state index contributed by atoms with van der Waals surface area (Å²) in [7, 11) is 0. The van der Waals surface area contributed by atoms with Crippen molar-refractivity contribution in [1.29, 1.82) is 0 Å². The van der Waals surface area contributed by atoms with Crippen LogP contribution in [0, 0.1) is 13.8 Å². The van der Waals surface area contributed by atoms with E-state index in [-0.39, 0.29) is 0 Å². The minimum Gasteiger partial charge on any atom is -0.300 e. The first-order chi connectivity index (χ1) is 10.2. The van der Waals surface area contributed by atoms with Crippen LogP contribution in [0.25, 0.3) is 16.9 Å². The van der Waals surface area contributed by atoms with Gasteiger partial charge in [0, 0.05) is 11.8 Å². The third-order valence-corrected chi connectivity index (χ3v) is 4.32. The highest BCUT2D eigenvalue weighted by Gasteiger charge is 2.13. The van der Waals surface area contributed by atoms with E-state index in [2.05, 4.69) is 67.5 Å². The van der Waals surface area contributed by atoms with Crippen LogP contribution in [0.15, 0.2) is 36.7 Å². The number of fused-ring (bicyclic) bond motifs is 1. The molecule has 0 saturated carbocycles. The Hall–Kier alpha value is -2.09. The monoisotopic (exact) mass is 278 g/mol. The van der Waals surface area contributed by atoms with E-state index in [1.54, 1.807) is 0 Å². The van der Waals surface area contributed by atoms with Gasteiger partial charge in [0.1, 0.15) is 5.65 Å². The SMILES string of the molecule is CCc1c(C)ccc(-c2cnc3cc(C)ccn23)c1CC. The molecule has 0 saturated heterocycles. The van der Waals surface area contributed by atoms with Crippen molar-refractivity contribution < 1.29 is 0 Å². The van der Waals surface area contributed by atoms with Crippen molar-refractivity contribution in [3.8, 4) is 11.3 Å². The number of imidazole rings is 1. The maximum Gasteiger partial charge on any atom is 0.137 e. The molecular weight excluding hydrogens is 256 g/mol. The van der Waals surface area contributed by atoms with E-state index in [9.17, 15) is 0 Å². The minimum atomic E-state index is 1.02. The molecule has 0 amide bonds. The number of hydrogen-bond acceptors (Lipinski definition) is 1. The summed E-state index contributed by atoms with van der Waals surface area (Å²) in [6, 6.07) is 8.75. The summed E-state index contributed by atoms with van der Waals surface area (Å²) in [6.45, 7) is 8.79. The second-order valence-electron chi connectivity index (χ2n) is 5.67. The number of pyridine rings is 1. The summed E-state index contributed by atoms with van der Waals surface area (Å²) in [5, 5.41) is 0. The number of aromatic nitrogens is 2. The maximum atomic E-state index is 4.57. The molecule has 0 radical (unpaired) electrons. The van der Waals surface area contributed by atoms with Crippen LogP contribution in [0.5, 0.6) is 0 Å². The molecule has 2 heteroatoms. The van der Waals surface area contributed by atoms with Gasteiger partial charge in [-0.25, -0.2) is 4.98 Å². The first kappa shape index (κ1) is 13.9. The predicted octanol–water partition coefficient (Wildman–Crippen LogP) is 4.74. The Bertz CT molecular complexity index is 797. The Labute approximate surface area is 126 Å².